The van der Waals surface area contributed by atoms with E-state index in [-0.39, 0.29) is 12.5 Å². The first kappa shape index (κ1) is 20.7. The first-order valence-corrected chi connectivity index (χ1v) is 10.2. The average molecular weight is 395 g/mol. The Balaban J connectivity index is 1.69. The summed E-state index contributed by atoms with van der Waals surface area (Å²) in [5.41, 5.74) is 2.08. The molecule has 1 N–H and O–H groups in total. The van der Waals surface area contributed by atoms with Crippen molar-refractivity contribution in [1.29, 1.82) is 0 Å². The molecule has 1 fully saturated rings. The lowest BCUT2D eigenvalue weighted by atomic mass is 10.1. The van der Waals surface area contributed by atoms with Crippen molar-refractivity contribution in [2.45, 2.75) is 25.8 Å². The highest BCUT2D eigenvalue weighted by Gasteiger charge is 2.15. The molecule has 1 saturated heterocycles. The Morgan fingerprint density at radius 2 is 1.83 bits per heavy atom. The first-order chi connectivity index (χ1) is 14.1. The van der Waals surface area contributed by atoms with Gasteiger partial charge in [-0.3, -0.25) is 4.79 Å². The van der Waals surface area contributed by atoms with Crippen LogP contribution in [-0.2, 0) is 11.3 Å². The summed E-state index contributed by atoms with van der Waals surface area (Å²) in [6.07, 6.45) is 3.66. The quantitative estimate of drug-likeness (QED) is 0.601. The molecule has 6 nitrogen and oxygen atoms in total. The molecule has 2 aromatic carbocycles. The van der Waals surface area contributed by atoms with Crippen LogP contribution in [-0.4, -0.2) is 55.5 Å². The number of guanidine groups is 1. The van der Waals surface area contributed by atoms with Crippen molar-refractivity contribution < 1.29 is 9.53 Å². The van der Waals surface area contributed by atoms with Crippen LogP contribution in [0, 0.1) is 0 Å². The van der Waals surface area contributed by atoms with Gasteiger partial charge in [-0.1, -0.05) is 30.3 Å². The maximum atomic E-state index is 11.7. The number of hydrogen-bond donors (Lipinski definition) is 1. The smallest absolute Gasteiger partial charge is 0.259 e. The zero-order valence-electron chi connectivity index (χ0n) is 17.3. The van der Waals surface area contributed by atoms with Crippen LogP contribution in [0.1, 0.15) is 24.8 Å². The van der Waals surface area contributed by atoms with Crippen LogP contribution in [0.5, 0.6) is 5.75 Å². The molecule has 29 heavy (non-hydrogen) atoms. The van der Waals surface area contributed by atoms with Gasteiger partial charge in [0.25, 0.3) is 5.91 Å². The van der Waals surface area contributed by atoms with Crippen molar-refractivity contribution in [1.82, 2.24) is 9.80 Å². The Hall–Kier alpha value is -3.02. The van der Waals surface area contributed by atoms with E-state index in [0.717, 1.165) is 30.3 Å². The number of likely N-dealkylation sites (N-methyl/N-ethyl adjacent to an activating group) is 1. The second-order valence-electron chi connectivity index (χ2n) is 7.40. The molecule has 0 spiro atoms. The highest BCUT2D eigenvalue weighted by molar-refractivity contribution is 5.93. The van der Waals surface area contributed by atoms with E-state index in [4.69, 9.17) is 9.73 Å². The van der Waals surface area contributed by atoms with Gasteiger partial charge in [-0.25, -0.2) is 4.99 Å². The second-order valence-corrected chi connectivity index (χ2v) is 7.40. The van der Waals surface area contributed by atoms with Crippen LogP contribution in [0.4, 0.5) is 5.69 Å². The van der Waals surface area contributed by atoms with Crippen LogP contribution in [0.15, 0.2) is 59.6 Å². The third kappa shape index (κ3) is 6.52. The van der Waals surface area contributed by atoms with E-state index < -0.39 is 0 Å². The van der Waals surface area contributed by atoms with Gasteiger partial charge in [-0.05, 0) is 49.1 Å². The van der Waals surface area contributed by atoms with Gasteiger partial charge in [-0.15, -0.1) is 0 Å². The molecule has 6 heteroatoms. The minimum absolute atomic E-state index is 0.0360. The van der Waals surface area contributed by atoms with E-state index in [9.17, 15) is 4.79 Å². The SMILES string of the molecule is CN(C)C(=O)COc1cccc(CN=C(Nc2ccccc2)N2CCCCC2)c1. The third-order valence-corrected chi connectivity index (χ3v) is 4.86. The number of benzene rings is 2. The summed E-state index contributed by atoms with van der Waals surface area (Å²) in [4.78, 5) is 20.5. The summed E-state index contributed by atoms with van der Waals surface area (Å²) < 4.78 is 5.62. The standard InChI is InChI=1S/C23H30N4O2/c1-26(2)22(28)18-29-21-13-9-10-19(16-21)17-24-23(27-14-7-4-8-15-27)25-20-11-5-3-6-12-20/h3,5-6,9-13,16H,4,7-8,14-15,17-18H2,1-2H3,(H,24,25). The lowest BCUT2D eigenvalue weighted by Crippen LogP contribution is -2.40. The van der Waals surface area contributed by atoms with Gasteiger partial charge < -0.3 is 19.9 Å². The Labute approximate surface area is 173 Å². The van der Waals surface area contributed by atoms with Crippen LogP contribution in [0.25, 0.3) is 0 Å². The molecule has 0 aliphatic carbocycles. The number of piperidine rings is 1. The van der Waals surface area contributed by atoms with Crippen molar-refractivity contribution in [2.24, 2.45) is 4.99 Å². The Bertz CT molecular complexity index is 815. The van der Waals surface area contributed by atoms with E-state index >= 15 is 0 Å². The molecule has 0 saturated carbocycles. The molecule has 0 unspecified atom stereocenters. The van der Waals surface area contributed by atoms with E-state index in [2.05, 4.69) is 22.3 Å². The molecule has 2 aromatic rings. The number of anilines is 1. The van der Waals surface area contributed by atoms with Crippen molar-refractivity contribution in [3.05, 3.63) is 60.2 Å². The van der Waals surface area contributed by atoms with E-state index in [0.29, 0.717) is 12.3 Å². The van der Waals surface area contributed by atoms with Gasteiger partial charge in [0.05, 0.1) is 6.54 Å². The Morgan fingerprint density at radius 3 is 2.55 bits per heavy atom. The lowest BCUT2D eigenvalue weighted by molar-refractivity contribution is -0.130. The molecular weight excluding hydrogens is 364 g/mol. The predicted octanol–water partition coefficient (Wildman–Crippen LogP) is 3.61. The molecule has 1 aliphatic rings. The molecule has 154 valence electrons. The summed E-state index contributed by atoms with van der Waals surface area (Å²) in [6.45, 7) is 2.63. The number of nitrogens with one attached hydrogen (secondary N) is 1. The fourth-order valence-corrected chi connectivity index (χ4v) is 3.15. The highest BCUT2D eigenvalue weighted by atomic mass is 16.5. The normalized spacial score (nSPS) is 14.4. The number of carbonyl (C=O) groups excluding carboxylic acids is 1. The summed E-state index contributed by atoms with van der Waals surface area (Å²) in [5, 5.41) is 3.48. The Morgan fingerprint density at radius 1 is 1.07 bits per heavy atom. The number of nitrogens with zero attached hydrogens (tertiary/aromatic N) is 3. The largest absolute Gasteiger partial charge is 0.484 e. The second kappa shape index (κ2) is 10.5. The molecule has 1 aliphatic heterocycles. The number of rotatable bonds is 6. The number of carbonyl (C=O) groups is 1. The zero-order chi connectivity index (χ0) is 20.5. The van der Waals surface area contributed by atoms with Crippen molar-refractivity contribution >= 4 is 17.6 Å². The molecule has 1 heterocycles. The van der Waals surface area contributed by atoms with Gasteiger partial charge in [0, 0.05) is 32.9 Å². The van der Waals surface area contributed by atoms with Crippen LogP contribution < -0.4 is 10.1 Å². The minimum atomic E-state index is -0.0622. The average Bonchev–Trinajstić information content (AvgIpc) is 2.76. The molecule has 0 aromatic heterocycles. The van der Waals surface area contributed by atoms with Gasteiger partial charge in [0.15, 0.2) is 12.6 Å². The van der Waals surface area contributed by atoms with Gasteiger partial charge in [0.2, 0.25) is 0 Å². The summed E-state index contributed by atoms with van der Waals surface area (Å²) in [6, 6.07) is 17.9. The van der Waals surface area contributed by atoms with E-state index in [1.165, 1.54) is 24.2 Å². The number of likely N-dealkylation sites (tertiary alicyclic amines) is 1. The van der Waals surface area contributed by atoms with E-state index in [1.54, 1.807) is 14.1 Å². The van der Waals surface area contributed by atoms with Crippen molar-refractivity contribution in [2.75, 3.05) is 39.1 Å². The summed E-state index contributed by atoms with van der Waals surface area (Å²) >= 11 is 0. The molecule has 0 radical (unpaired) electrons. The van der Waals surface area contributed by atoms with E-state index in [1.807, 2.05) is 42.5 Å². The number of aliphatic imine (C=N–C) groups is 1. The van der Waals surface area contributed by atoms with Crippen LogP contribution in [0.3, 0.4) is 0 Å². The Kier molecular flexibility index (Phi) is 7.50. The number of para-hydroxylation sites is 1. The van der Waals surface area contributed by atoms with Crippen LogP contribution >= 0.6 is 0 Å². The first-order valence-electron chi connectivity index (χ1n) is 10.2. The lowest BCUT2D eigenvalue weighted by Gasteiger charge is -2.30. The zero-order valence-corrected chi connectivity index (χ0v) is 17.3. The molecule has 3 rings (SSSR count). The molecular formula is C23H30N4O2. The highest BCUT2D eigenvalue weighted by Crippen LogP contribution is 2.16. The van der Waals surface area contributed by atoms with Gasteiger partial charge >= 0.3 is 0 Å². The monoisotopic (exact) mass is 394 g/mol. The van der Waals surface area contributed by atoms with Gasteiger partial charge in [0.1, 0.15) is 5.75 Å². The maximum Gasteiger partial charge on any atom is 0.259 e. The number of ether oxygens (including phenoxy) is 1. The minimum Gasteiger partial charge on any atom is -0.484 e. The molecule has 0 bridgehead atoms. The summed E-state index contributed by atoms with van der Waals surface area (Å²) in [5.74, 6) is 1.53. The maximum absolute atomic E-state index is 11.7. The third-order valence-electron chi connectivity index (χ3n) is 4.86. The fraction of sp³-hybridized carbons (Fsp3) is 0.391. The van der Waals surface area contributed by atoms with Crippen molar-refractivity contribution in [3.8, 4) is 5.75 Å². The number of hydrogen-bond acceptors (Lipinski definition) is 3. The topological polar surface area (TPSA) is 57.2 Å². The molecule has 1 amide bonds. The summed E-state index contributed by atoms with van der Waals surface area (Å²) in [7, 11) is 3.44. The fourth-order valence-electron chi connectivity index (χ4n) is 3.15. The molecule has 0 atom stereocenters. The predicted molar refractivity (Wildman–Crippen MR) is 117 cm³/mol. The van der Waals surface area contributed by atoms with Crippen molar-refractivity contribution in [3.63, 3.8) is 0 Å². The van der Waals surface area contributed by atoms with Gasteiger partial charge in [-0.2, -0.15) is 0 Å². The van der Waals surface area contributed by atoms with Crippen LogP contribution in [0.2, 0.25) is 0 Å². The number of amides is 1.